The second-order valence-corrected chi connectivity index (χ2v) is 5.61. The molecular formula is C11H22BrNO. The fraction of sp³-hybridized carbons (Fsp3) is 0.909. The Morgan fingerprint density at radius 2 is 1.71 bits per heavy atom. The highest BCUT2D eigenvalue weighted by Crippen LogP contribution is 2.27. The summed E-state index contributed by atoms with van der Waals surface area (Å²) in [5.41, 5.74) is -0.377. The summed E-state index contributed by atoms with van der Waals surface area (Å²) in [6.07, 6.45) is 0.870. The number of amides is 1. The van der Waals surface area contributed by atoms with Crippen LogP contribution in [0.15, 0.2) is 0 Å². The first-order valence-electron chi connectivity index (χ1n) is 5.03. The Labute approximate surface area is 96.2 Å². The van der Waals surface area contributed by atoms with Gasteiger partial charge in [0, 0.05) is 23.3 Å². The van der Waals surface area contributed by atoms with E-state index in [1.54, 1.807) is 0 Å². The molecule has 0 saturated carbocycles. The van der Waals surface area contributed by atoms with Gasteiger partial charge in [-0.15, -0.1) is 0 Å². The van der Waals surface area contributed by atoms with Crippen LogP contribution in [0.25, 0.3) is 0 Å². The number of carbonyl (C=O) groups excluding carboxylic acids is 1. The van der Waals surface area contributed by atoms with Crippen LogP contribution < -0.4 is 0 Å². The Morgan fingerprint density at radius 1 is 1.29 bits per heavy atom. The van der Waals surface area contributed by atoms with Crippen molar-refractivity contribution in [1.82, 2.24) is 4.90 Å². The molecule has 0 aliphatic heterocycles. The lowest BCUT2D eigenvalue weighted by Gasteiger charge is -2.39. The minimum absolute atomic E-state index is 0.122. The molecule has 0 fully saturated rings. The zero-order valence-electron chi connectivity index (χ0n) is 10.1. The van der Waals surface area contributed by atoms with E-state index < -0.39 is 0 Å². The molecule has 3 heteroatoms. The molecule has 84 valence electrons. The van der Waals surface area contributed by atoms with Crippen LogP contribution >= 0.6 is 15.9 Å². The molecule has 0 N–H and O–H groups in total. The molecule has 0 unspecified atom stereocenters. The maximum Gasteiger partial charge on any atom is 0.228 e. The van der Waals surface area contributed by atoms with E-state index in [-0.39, 0.29) is 16.9 Å². The molecule has 0 aliphatic carbocycles. The standard InChI is InChI=1S/C11H22BrNO/c1-7-10(2,3)9(14)13(6)11(4,5)8-12/h7-8H2,1-6H3. The largest absolute Gasteiger partial charge is 0.339 e. The Hall–Kier alpha value is -0.0500. The molecule has 0 spiro atoms. The van der Waals surface area contributed by atoms with Gasteiger partial charge in [-0.1, -0.05) is 36.7 Å². The van der Waals surface area contributed by atoms with Crippen LogP contribution in [-0.4, -0.2) is 28.7 Å². The van der Waals surface area contributed by atoms with Gasteiger partial charge in [-0.2, -0.15) is 0 Å². The number of alkyl halides is 1. The molecule has 0 aliphatic rings. The van der Waals surface area contributed by atoms with E-state index >= 15 is 0 Å². The highest BCUT2D eigenvalue weighted by molar-refractivity contribution is 9.09. The maximum atomic E-state index is 12.1. The second kappa shape index (κ2) is 4.65. The quantitative estimate of drug-likeness (QED) is 0.715. The molecule has 0 bridgehead atoms. The molecule has 14 heavy (non-hydrogen) atoms. The first-order chi connectivity index (χ1) is 6.19. The van der Waals surface area contributed by atoms with Crippen molar-refractivity contribution in [3.63, 3.8) is 0 Å². The van der Waals surface area contributed by atoms with E-state index in [1.807, 2.05) is 32.7 Å². The first-order valence-corrected chi connectivity index (χ1v) is 6.15. The molecule has 0 radical (unpaired) electrons. The van der Waals surface area contributed by atoms with Gasteiger partial charge in [0.15, 0.2) is 0 Å². The summed E-state index contributed by atoms with van der Waals surface area (Å²) in [5, 5.41) is 0.794. The monoisotopic (exact) mass is 263 g/mol. The van der Waals surface area contributed by atoms with E-state index in [0.717, 1.165) is 11.8 Å². The Morgan fingerprint density at radius 3 is 2.00 bits per heavy atom. The molecule has 2 nitrogen and oxygen atoms in total. The number of halogens is 1. The van der Waals surface area contributed by atoms with Crippen LogP contribution in [0.2, 0.25) is 0 Å². The van der Waals surface area contributed by atoms with Gasteiger partial charge in [-0.05, 0) is 20.3 Å². The maximum absolute atomic E-state index is 12.1. The SMILES string of the molecule is CCC(C)(C)C(=O)N(C)C(C)(C)CBr. The third kappa shape index (κ3) is 2.97. The highest BCUT2D eigenvalue weighted by atomic mass is 79.9. The molecule has 0 aromatic heterocycles. The van der Waals surface area contributed by atoms with Gasteiger partial charge in [0.25, 0.3) is 0 Å². The molecule has 0 rings (SSSR count). The summed E-state index contributed by atoms with van der Waals surface area (Å²) in [5.74, 6) is 0.212. The molecule has 1 amide bonds. The minimum Gasteiger partial charge on any atom is -0.339 e. The van der Waals surface area contributed by atoms with Gasteiger partial charge < -0.3 is 4.90 Å². The average molecular weight is 264 g/mol. The topological polar surface area (TPSA) is 20.3 Å². The summed E-state index contributed by atoms with van der Waals surface area (Å²) in [6, 6.07) is 0. The van der Waals surface area contributed by atoms with E-state index in [2.05, 4.69) is 29.8 Å². The van der Waals surface area contributed by atoms with E-state index in [9.17, 15) is 4.79 Å². The van der Waals surface area contributed by atoms with Crippen molar-refractivity contribution in [2.24, 2.45) is 5.41 Å². The Kier molecular flexibility index (Phi) is 4.63. The van der Waals surface area contributed by atoms with Gasteiger partial charge in [0.1, 0.15) is 0 Å². The first kappa shape index (κ1) is 13.9. The molecular weight excluding hydrogens is 242 g/mol. The van der Waals surface area contributed by atoms with Crippen molar-refractivity contribution < 1.29 is 4.79 Å². The fourth-order valence-electron chi connectivity index (χ4n) is 0.970. The van der Waals surface area contributed by atoms with Crippen molar-refractivity contribution in [3.05, 3.63) is 0 Å². The van der Waals surface area contributed by atoms with E-state index in [0.29, 0.717) is 0 Å². The highest BCUT2D eigenvalue weighted by Gasteiger charge is 2.34. The van der Waals surface area contributed by atoms with Crippen molar-refractivity contribution in [1.29, 1.82) is 0 Å². The summed E-state index contributed by atoms with van der Waals surface area (Å²) >= 11 is 3.43. The van der Waals surface area contributed by atoms with Gasteiger partial charge >= 0.3 is 0 Å². The van der Waals surface area contributed by atoms with Gasteiger partial charge in [-0.3, -0.25) is 4.79 Å². The molecule has 0 aromatic carbocycles. The minimum atomic E-state index is -0.256. The summed E-state index contributed by atoms with van der Waals surface area (Å²) < 4.78 is 0. The molecule has 0 atom stereocenters. The van der Waals surface area contributed by atoms with Gasteiger partial charge in [-0.25, -0.2) is 0 Å². The molecule has 0 heterocycles. The number of hydrogen-bond donors (Lipinski definition) is 0. The Balaban J connectivity index is 4.71. The lowest BCUT2D eigenvalue weighted by atomic mass is 9.87. The molecule has 0 saturated heterocycles. The lowest BCUT2D eigenvalue weighted by Crippen LogP contribution is -2.50. The number of rotatable bonds is 4. The lowest BCUT2D eigenvalue weighted by molar-refractivity contribution is -0.143. The van der Waals surface area contributed by atoms with Crippen LogP contribution in [-0.2, 0) is 4.79 Å². The summed E-state index contributed by atoms with van der Waals surface area (Å²) in [6.45, 7) is 10.2. The summed E-state index contributed by atoms with van der Waals surface area (Å²) in [4.78, 5) is 13.9. The van der Waals surface area contributed by atoms with Crippen molar-refractivity contribution in [2.75, 3.05) is 12.4 Å². The van der Waals surface area contributed by atoms with Gasteiger partial charge in [0.05, 0.1) is 0 Å². The molecule has 0 aromatic rings. The second-order valence-electron chi connectivity index (χ2n) is 5.05. The Bertz CT molecular complexity index is 211. The fourth-order valence-corrected chi connectivity index (χ4v) is 1.35. The predicted molar refractivity (Wildman–Crippen MR) is 64.7 cm³/mol. The zero-order chi connectivity index (χ0) is 11.6. The van der Waals surface area contributed by atoms with E-state index in [1.165, 1.54) is 0 Å². The van der Waals surface area contributed by atoms with Crippen molar-refractivity contribution in [3.8, 4) is 0 Å². The van der Waals surface area contributed by atoms with Crippen LogP contribution in [0.3, 0.4) is 0 Å². The van der Waals surface area contributed by atoms with Crippen LogP contribution in [0.1, 0.15) is 41.0 Å². The van der Waals surface area contributed by atoms with Crippen LogP contribution in [0.5, 0.6) is 0 Å². The zero-order valence-corrected chi connectivity index (χ0v) is 11.7. The van der Waals surface area contributed by atoms with Crippen LogP contribution in [0.4, 0.5) is 0 Å². The van der Waals surface area contributed by atoms with Crippen LogP contribution in [0, 0.1) is 5.41 Å². The number of nitrogens with zero attached hydrogens (tertiary/aromatic N) is 1. The third-order valence-corrected chi connectivity index (χ3v) is 4.37. The third-order valence-electron chi connectivity index (χ3n) is 3.00. The van der Waals surface area contributed by atoms with E-state index in [4.69, 9.17) is 0 Å². The van der Waals surface area contributed by atoms with Crippen molar-refractivity contribution in [2.45, 2.75) is 46.6 Å². The number of hydrogen-bond acceptors (Lipinski definition) is 1. The normalized spacial score (nSPS) is 12.8. The predicted octanol–water partition coefficient (Wildman–Crippen LogP) is 3.05. The average Bonchev–Trinajstić information content (AvgIpc) is 2.15. The summed E-state index contributed by atoms with van der Waals surface area (Å²) in [7, 11) is 1.88. The smallest absolute Gasteiger partial charge is 0.228 e. The van der Waals surface area contributed by atoms with Gasteiger partial charge in [0.2, 0.25) is 5.91 Å². The number of carbonyl (C=O) groups is 1. The van der Waals surface area contributed by atoms with Crippen molar-refractivity contribution >= 4 is 21.8 Å².